The van der Waals surface area contributed by atoms with E-state index in [1.54, 1.807) is 0 Å². The Balaban J connectivity index is 1.45. The van der Waals surface area contributed by atoms with Gasteiger partial charge in [0.25, 0.3) is 0 Å². The van der Waals surface area contributed by atoms with Crippen molar-refractivity contribution in [2.75, 3.05) is 11.4 Å². The van der Waals surface area contributed by atoms with Gasteiger partial charge in [0.1, 0.15) is 11.7 Å². The van der Waals surface area contributed by atoms with Crippen molar-refractivity contribution < 1.29 is 14.7 Å². The van der Waals surface area contributed by atoms with E-state index in [1.807, 2.05) is 68.4 Å². The van der Waals surface area contributed by atoms with E-state index in [0.29, 0.717) is 12.2 Å². The number of hydrogen-bond donors (Lipinski definition) is 1. The van der Waals surface area contributed by atoms with Crippen LogP contribution >= 0.6 is 0 Å². The number of aliphatic carboxylic acids is 1. The van der Waals surface area contributed by atoms with Crippen molar-refractivity contribution >= 4 is 28.6 Å². The summed E-state index contributed by atoms with van der Waals surface area (Å²) in [5.74, 6) is -1.71. The van der Waals surface area contributed by atoms with Gasteiger partial charge in [0, 0.05) is 17.8 Å². The van der Waals surface area contributed by atoms with Gasteiger partial charge in [-0.1, -0.05) is 54.6 Å². The lowest BCUT2D eigenvalue weighted by atomic mass is 9.93. The van der Waals surface area contributed by atoms with Crippen LogP contribution in [0, 0.1) is 12.8 Å². The number of carbonyl (C=O) groups is 2. The Morgan fingerprint density at radius 2 is 1.82 bits per heavy atom. The van der Waals surface area contributed by atoms with Crippen molar-refractivity contribution in [3.8, 4) is 0 Å². The molecule has 0 spiro atoms. The molecule has 33 heavy (non-hydrogen) atoms. The van der Waals surface area contributed by atoms with Crippen LogP contribution in [0.4, 0.5) is 5.69 Å². The third kappa shape index (κ3) is 3.48. The van der Waals surface area contributed by atoms with Gasteiger partial charge < -0.3 is 14.6 Å². The number of benzene rings is 3. The van der Waals surface area contributed by atoms with Gasteiger partial charge in [-0.2, -0.15) is 0 Å². The molecule has 1 aliphatic rings. The predicted octanol–water partition coefficient (Wildman–Crippen LogP) is 4.59. The van der Waals surface area contributed by atoms with Crippen molar-refractivity contribution in [1.29, 1.82) is 0 Å². The highest BCUT2D eigenvalue weighted by molar-refractivity contribution is 6.05. The van der Waals surface area contributed by atoms with Crippen LogP contribution in [0.2, 0.25) is 0 Å². The molecule has 4 aromatic rings. The van der Waals surface area contributed by atoms with Crippen LogP contribution in [0.1, 0.15) is 35.5 Å². The van der Waals surface area contributed by atoms with Crippen molar-refractivity contribution in [3.63, 3.8) is 0 Å². The molecule has 1 aliphatic heterocycles. The fourth-order valence-corrected chi connectivity index (χ4v) is 4.94. The molecule has 0 fully saturated rings. The number of anilines is 1. The number of nitrogens with zero attached hydrogens (tertiary/aromatic N) is 3. The van der Waals surface area contributed by atoms with Gasteiger partial charge in [-0.15, -0.1) is 0 Å². The van der Waals surface area contributed by atoms with Crippen LogP contribution in [-0.2, 0) is 16.0 Å². The summed E-state index contributed by atoms with van der Waals surface area (Å²) in [4.78, 5) is 31.6. The van der Waals surface area contributed by atoms with Crippen molar-refractivity contribution in [2.24, 2.45) is 5.92 Å². The molecule has 5 rings (SSSR count). The van der Waals surface area contributed by atoms with Crippen LogP contribution in [0.15, 0.2) is 72.8 Å². The Morgan fingerprint density at radius 3 is 2.52 bits per heavy atom. The molecular formula is C27H25N3O3. The number of amides is 1. The lowest BCUT2D eigenvalue weighted by molar-refractivity contribution is -0.146. The number of aromatic nitrogens is 2. The van der Waals surface area contributed by atoms with E-state index in [1.165, 1.54) is 4.90 Å². The summed E-state index contributed by atoms with van der Waals surface area (Å²) in [5, 5.41) is 9.93. The summed E-state index contributed by atoms with van der Waals surface area (Å²) in [6, 6.07) is 23.4. The topological polar surface area (TPSA) is 75.4 Å². The van der Waals surface area contributed by atoms with E-state index in [9.17, 15) is 14.7 Å². The molecule has 0 saturated heterocycles. The van der Waals surface area contributed by atoms with E-state index >= 15 is 0 Å². The molecule has 4 bridgehead atoms. The van der Waals surface area contributed by atoms with Gasteiger partial charge in [-0.25, -0.2) is 4.98 Å². The van der Waals surface area contributed by atoms with Crippen molar-refractivity contribution in [1.82, 2.24) is 9.55 Å². The Bertz CT molecular complexity index is 1360. The van der Waals surface area contributed by atoms with E-state index < -0.39 is 17.8 Å². The number of aryl methyl sites for hydroxylation is 1. The Hall–Kier alpha value is -3.93. The summed E-state index contributed by atoms with van der Waals surface area (Å²) in [6.07, 6.45) is 0.134. The zero-order chi connectivity index (χ0) is 23.1. The Kier molecular flexibility index (Phi) is 5.21. The fourth-order valence-electron chi connectivity index (χ4n) is 4.94. The summed E-state index contributed by atoms with van der Waals surface area (Å²) in [7, 11) is 0. The van der Waals surface area contributed by atoms with E-state index in [2.05, 4.69) is 27.8 Å². The Morgan fingerprint density at radius 1 is 1.06 bits per heavy atom. The van der Waals surface area contributed by atoms with Gasteiger partial charge in [-0.05, 0) is 49.6 Å². The van der Waals surface area contributed by atoms with E-state index in [4.69, 9.17) is 0 Å². The van der Waals surface area contributed by atoms with Gasteiger partial charge in [-0.3, -0.25) is 9.59 Å². The molecule has 166 valence electrons. The molecule has 0 saturated carbocycles. The second-order valence-corrected chi connectivity index (χ2v) is 8.40. The zero-order valence-corrected chi connectivity index (χ0v) is 18.6. The van der Waals surface area contributed by atoms with E-state index in [-0.39, 0.29) is 12.5 Å². The van der Waals surface area contributed by atoms with Crippen LogP contribution in [0.25, 0.3) is 11.0 Å². The molecule has 6 heteroatoms. The molecule has 0 radical (unpaired) electrons. The molecule has 2 atom stereocenters. The third-order valence-corrected chi connectivity index (χ3v) is 6.43. The SMILES string of the molecule is CCN(C(=O)C(Cc1cccc(C2c3cccc4c3nc(C)n42)c1)C(=O)O)c1ccccc1. The average Bonchev–Trinajstić information content (AvgIpc) is 3.22. The fraction of sp³-hybridized carbons (Fsp3) is 0.222. The lowest BCUT2D eigenvalue weighted by Crippen LogP contribution is -2.40. The maximum absolute atomic E-state index is 13.3. The van der Waals surface area contributed by atoms with Gasteiger partial charge >= 0.3 is 5.97 Å². The number of carboxylic acid groups (broad SMARTS) is 1. The molecule has 2 unspecified atom stereocenters. The number of imidazole rings is 1. The minimum atomic E-state index is -1.16. The highest BCUT2D eigenvalue weighted by Crippen LogP contribution is 2.41. The van der Waals surface area contributed by atoms with Gasteiger partial charge in [0.2, 0.25) is 5.91 Å². The first kappa shape index (κ1) is 20.9. The highest BCUT2D eigenvalue weighted by Gasteiger charge is 2.33. The maximum atomic E-state index is 13.3. The highest BCUT2D eigenvalue weighted by atomic mass is 16.4. The first-order chi connectivity index (χ1) is 16.0. The summed E-state index contributed by atoms with van der Waals surface area (Å²) < 4.78 is 2.22. The van der Waals surface area contributed by atoms with Crippen molar-refractivity contribution in [3.05, 3.63) is 95.3 Å². The standard InChI is InChI=1S/C27H25N3O3/c1-3-29(20-11-5-4-6-12-20)26(31)22(27(32)33)16-18-9-7-10-19(15-18)25-21-13-8-14-23-24(21)28-17(2)30(23)25/h4-15,22,25H,3,16H2,1-2H3,(H,32,33). The number of carboxylic acids is 1. The van der Waals surface area contributed by atoms with Crippen LogP contribution in [0.5, 0.6) is 0 Å². The smallest absolute Gasteiger partial charge is 0.316 e. The first-order valence-corrected chi connectivity index (χ1v) is 11.1. The number of hydrogen-bond acceptors (Lipinski definition) is 3. The lowest BCUT2D eigenvalue weighted by Gasteiger charge is -2.25. The normalized spacial score (nSPS) is 15.2. The summed E-state index contributed by atoms with van der Waals surface area (Å²) >= 11 is 0. The number of para-hydroxylation sites is 2. The molecule has 6 nitrogen and oxygen atoms in total. The van der Waals surface area contributed by atoms with Crippen LogP contribution < -0.4 is 4.90 Å². The van der Waals surface area contributed by atoms with Gasteiger partial charge in [0.15, 0.2) is 0 Å². The maximum Gasteiger partial charge on any atom is 0.316 e. The minimum Gasteiger partial charge on any atom is -0.481 e. The molecule has 2 heterocycles. The van der Waals surface area contributed by atoms with Crippen LogP contribution in [-0.4, -0.2) is 33.1 Å². The number of rotatable bonds is 7. The monoisotopic (exact) mass is 439 g/mol. The second-order valence-electron chi connectivity index (χ2n) is 8.40. The second kappa shape index (κ2) is 8.20. The number of carbonyl (C=O) groups excluding carboxylic acids is 1. The predicted molar refractivity (Wildman–Crippen MR) is 127 cm³/mol. The van der Waals surface area contributed by atoms with E-state index in [0.717, 1.165) is 33.5 Å². The molecular weight excluding hydrogens is 414 g/mol. The Labute approximate surface area is 192 Å². The third-order valence-electron chi connectivity index (χ3n) is 6.43. The first-order valence-electron chi connectivity index (χ1n) is 11.1. The molecule has 0 aliphatic carbocycles. The zero-order valence-electron chi connectivity index (χ0n) is 18.6. The quantitative estimate of drug-likeness (QED) is 0.376. The molecule has 1 aromatic heterocycles. The molecule has 3 aromatic carbocycles. The largest absolute Gasteiger partial charge is 0.481 e. The average molecular weight is 440 g/mol. The van der Waals surface area contributed by atoms with Crippen LogP contribution in [0.3, 0.4) is 0 Å². The molecule has 1 N–H and O–H groups in total. The molecule has 1 amide bonds. The summed E-state index contributed by atoms with van der Waals surface area (Å²) in [6.45, 7) is 4.26. The minimum absolute atomic E-state index is 0.0258. The van der Waals surface area contributed by atoms with Crippen molar-refractivity contribution in [2.45, 2.75) is 26.3 Å². The summed E-state index contributed by atoms with van der Waals surface area (Å²) in [5.41, 5.74) is 5.88. The van der Waals surface area contributed by atoms with Gasteiger partial charge in [0.05, 0.1) is 17.1 Å².